The van der Waals surface area contributed by atoms with Crippen LogP contribution < -0.4 is 0 Å². The van der Waals surface area contributed by atoms with E-state index in [0.29, 0.717) is 13.1 Å². The number of likely N-dealkylation sites (tertiary alicyclic amines) is 1. The Hall–Kier alpha value is -0.700. The van der Waals surface area contributed by atoms with E-state index in [4.69, 9.17) is 0 Å². The summed E-state index contributed by atoms with van der Waals surface area (Å²) in [6, 6.07) is 0. The van der Waals surface area contributed by atoms with Crippen molar-refractivity contribution in [3.63, 3.8) is 0 Å². The van der Waals surface area contributed by atoms with E-state index in [1.54, 1.807) is 0 Å². The Morgan fingerprint density at radius 2 is 2.00 bits per heavy atom. The largest absolute Gasteiger partial charge is 0.293 e. The monoisotopic (exact) mass is 229 g/mol. The van der Waals surface area contributed by atoms with Gasteiger partial charge in [0.1, 0.15) is 0 Å². The van der Waals surface area contributed by atoms with E-state index in [1.807, 2.05) is 24.8 Å². The van der Waals surface area contributed by atoms with Crippen molar-refractivity contribution in [1.29, 1.82) is 0 Å². The lowest BCUT2D eigenvalue weighted by atomic mass is 10.1. The standard InChI is InChI=1S/C13H21F2N/c1-4-12(6-5-11(2)3)9-16-8-7-13(14,15)10-16/h5-6H,4,7-10H2,1-3H3/b12-6+. The van der Waals surface area contributed by atoms with E-state index >= 15 is 0 Å². The predicted octanol–water partition coefficient (Wildman–Crippen LogP) is 3.63. The van der Waals surface area contributed by atoms with Crippen LogP contribution in [0.3, 0.4) is 0 Å². The summed E-state index contributed by atoms with van der Waals surface area (Å²) >= 11 is 0. The van der Waals surface area contributed by atoms with E-state index < -0.39 is 5.92 Å². The molecule has 0 aliphatic carbocycles. The van der Waals surface area contributed by atoms with E-state index in [2.05, 4.69) is 13.0 Å². The highest BCUT2D eigenvalue weighted by Gasteiger charge is 2.37. The molecule has 0 unspecified atom stereocenters. The molecule has 16 heavy (non-hydrogen) atoms. The zero-order valence-corrected chi connectivity index (χ0v) is 10.4. The molecule has 3 heteroatoms. The average molecular weight is 229 g/mol. The van der Waals surface area contributed by atoms with Gasteiger partial charge >= 0.3 is 0 Å². The van der Waals surface area contributed by atoms with Crippen molar-refractivity contribution in [3.05, 3.63) is 23.3 Å². The van der Waals surface area contributed by atoms with E-state index in [0.717, 1.165) is 6.42 Å². The third kappa shape index (κ3) is 4.44. The number of hydrogen-bond donors (Lipinski definition) is 0. The maximum absolute atomic E-state index is 13.0. The molecule has 1 fully saturated rings. The Labute approximate surface area is 96.8 Å². The van der Waals surface area contributed by atoms with Crippen LogP contribution in [-0.4, -0.2) is 30.5 Å². The molecule has 1 aliphatic rings. The van der Waals surface area contributed by atoms with Gasteiger partial charge in [0.25, 0.3) is 5.92 Å². The summed E-state index contributed by atoms with van der Waals surface area (Å²) in [7, 11) is 0. The van der Waals surface area contributed by atoms with Gasteiger partial charge in [0, 0.05) is 19.5 Å². The summed E-state index contributed by atoms with van der Waals surface area (Å²) in [6.07, 6.45) is 5.04. The van der Waals surface area contributed by atoms with Crippen molar-refractivity contribution in [2.45, 2.75) is 39.5 Å². The SMILES string of the molecule is CC/C(=C\C=C(C)C)CN1CCC(F)(F)C1. The van der Waals surface area contributed by atoms with E-state index in [-0.39, 0.29) is 13.0 Å². The molecule has 0 aromatic heterocycles. The maximum Gasteiger partial charge on any atom is 0.261 e. The molecule has 0 radical (unpaired) electrons. The summed E-state index contributed by atoms with van der Waals surface area (Å²) in [4.78, 5) is 1.84. The van der Waals surface area contributed by atoms with Gasteiger partial charge in [0.15, 0.2) is 0 Å². The molecule has 0 amide bonds. The molecule has 0 spiro atoms. The molecule has 0 saturated carbocycles. The Morgan fingerprint density at radius 3 is 2.44 bits per heavy atom. The van der Waals surface area contributed by atoms with Crippen molar-refractivity contribution in [1.82, 2.24) is 4.90 Å². The molecule has 1 rings (SSSR count). The normalized spacial score (nSPS) is 21.2. The summed E-state index contributed by atoms with van der Waals surface area (Å²) in [6.45, 7) is 7.24. The first-order valence-corrected chi connectivity index (χ1v) is 5.86. The van der Waals surface area contributed by atoms with Gasteiger partial charge in [-0.15, -0.1) is 0 Å². The molecule has 0 aromatic carbocycles. The van der Waals surface area contributed by atoms with Gasteiger partial charge in [-0.2, -0.15) is 0 Å². The molecule has 1 aliphatic heterocycles. The van der Waals surface area contributed by atoms with Crippen molar-refractivity contribution < 1.29 is 8.78 Å². The van der Waals surface area contributed by atoms with Crippen molar-refractivity contribution in [2.24, 2.45) is 0 Å². The molecular formula is C13H21F2N. The van der Waals surface area contributed by atoms with E-state index in [9.17, 15) is 8.78 Å². The Balaban J connectivity index is 2.52. The molecule has 1 heterocycles. The summed E-state index contributed by atoms with van der Waals surface area (Å²) < 4.78 is 26.0. The van der Waals surface area contributed by atoms with Crippen LogP contribution in [0.4, 0.5) is 8.78 Å². The lowest BCUT2D eigenvalue weighted by Gasteiger charge is -2.16. The molecule has 0 aromatic rings. The second-order valence-electron chi connectivity index (χ2n) is 4.74. The van der Waals surface area contributed by atoms with Gasteiger partial charge < -0.3 is 0 Å². The zero-order valence-electron chi connectivity index (χ0n) is 10.4. The third-order valence-electron chi connectivity index (χ3n) is 2.78. The van der Waals surface area contributed by atoms with Gasteiger partial charge in [0.2, 0.25) is 0 Å². The number of alkyl halides is 2. The fourth-order valence-corrected chi connectivity index (χ4v) is 1.80. The van der Waals surface area contributed by atoms with Crippen LogP contribution in [0.1, 0.15) is 33.6 Å². The number of hydrogen-bond acceptors (Lipinski definition) is 1. The minimum atomic E-state index is -2.48. The van der Waals surface area contributed by atoms with Crippen LogP contribution in [0.15, 0.2) is 23.3 Å². The lowest BCUT2D eigenvalue weighted by Crippen LogP contribution is -2.27. The second-order valence-corrected chi connectivity index (χ2v) is 4.74. The third-order valence-corrected chi connectivity index (χ3v) is 2.78. The molecule has 0 N–H and O–H groups in total. The second kappa shape index (κ2) is 5.58. The predicted molar refractivity (Wildman–Crippen MR) is 63.8 cm³/mol. The van der Waals surface area contributed by atoms with Gasteiger partial charge in [-0.05, 0) is 20.3 Å². The highest BCUT2D eigenvalue weighted by atomic mass is 19.3. The summed E-state index contributed by atoms with van der Waals surface area (Å²) in [5.41, 5.74) is 2.46. The lowest BCUT2D eigenvalue weighted by molar-refractivity contribution is 0.0130. The fourth-order valence-electron chi connectivity index (χ4n) is 1.80. The fraction of sp³-hybridized carbons (Fsp3) is 0.692. The minimum Gasteiger partial charge on any atom is -0.293 e. The number of allylic oxidation sites excluding steroid dienone is 3. The van der Waals surface area contributed by atoms with Crippen molar-refractivity contribution >= 4 is 0 Å². The number of nitrogens with zero attached hydrogens (tertiary/aromatic N) is 1. The van der Waals surface area contributed by atoms with Crippen molar-refractivity contribution in [2.75, 3.05) is 19.6 Å². The topological polar surface area (TPSA) is 3.24 Å². The maximum atomic E-state index is 13.0. The Kier molecular flexibility index (Phi) is 4.66. The first-order chi connectivity index (χ1) is 7.43. The number of halogens is 2. The van der Waals surface area contributed by atoms with Crippen LogP contribution in [0.2, 0.25) is 0 Å². The first kappa shape index (κ1) is 13.4. The first-order valence-electron chi connectivity index (χ1n) is 5.86. The van der Waals surface area contributed by atoms with Gasteiger partial charge in [-0.25, -0.2) is 8.78 Å². The van der Waals surface area contributed by atoms with Gasteiger partial charge in [-0.1, -0.05) is 30.2 Å². The number of rotatable bonds is 4. The zero-order chi connectivity index (χ0) is 12.2. The van der Waals surface area contributed by atoms with Crippen LogP contribution in [0.5, 0.6) is 0 Å². The summed E-state index contributed by atoms with van der Waals surface area (Å²) in [5.74, 6) is -2.48. The summed E-state index contributed by atoms with van der Waals surface area (Å²) in [5, 5.41) is 0. The molecule has 0 atom stereocenters. The molecule has 0 bridgehead atoms. The van der Waals surface area contributed by atoms with E-state index in [1.165, 1.54) is 11.1 Å². The molecule has 1 saturated heterocycles. The van der Waals surface area contributed by atoms with Crippen molar-refractivity contribution in [3.8, 4) is 0 Å². The highest BCUT2D eigenvalue weighted by molar-refractivity contribution is 5.17. The van der Waals surface area contributed by atoms with Gasteiger partial charge in [0.05, 0.1) is 6.54 Å². The Morgan fingerprint density at radius 1 is 1.31 bits per heavy atom. The molecular weight excluding hydrogens is 208 g/mol. The quantitative estimate of drug-likeness (QED) is 0.665. The minimum absolute atomic E-state index is 0.00659. The smallest absolute Gasteiger partial charge is 0.261 e. The van der Waals surface area contributed by atoms with Crippen LogP contribution in [-0.2, 0) is 0 Å². The van der Waals surface area contributed by atoms with Crippen LogP contribution in [0.25, 0.3) is 0 Å². The van der Waals surface area contributed by atoms with Crippen LogP contribution in [0, 0.1) is 0 Å². The Bertz CT molecular complexity index is 288. The van der Waals surface area contributed by atoms with Gasteiger partial charge in [-0.3, -0.25) is 4.90 Å². The average Bonchev–Trinajstić information content (AvgIpc) is 2.52. The highest BCUT2D eigenvalue weighted by Crippen LogP contribution is 2.27. The molecule has 92 valence electrons. The van der Waals surface area contributed by atoms with Crippen LogP contribution >= 0.6 is 0 Å². The molecule has 1 nitrogen and oxygen atoms in total.